The van der Waals surface area contributed by atoms with Gasteiger partial charge in [-0.1, -0.05) is 15.9 Å². The highest BCUT2D eigenvalue weighted by atomic mass is 79.9. The third-order valence-electron chi connectivity index (χ3n) is 2.16. The lowest BCUT2D eigenvalue weighted by Crippen LogP contribution is -2.46. The summed E-state index contributed by atoms with van der Waals surface area (Å²) in [7, 11) is 0. The fourth-order valence-electron chi connectivity index (χ4n) is 1.33. The average molecular weight is 365 g/mol. The molecule has 0 amide bonds. The molecule has 0 fully saturated rings. The second-order valence-corrected chi connectivity index (χ2v) is 4.69. The van der Waals surface area contributed by atoms with Crippen LogP contribution in [0, 0.1) is 0 Å². The minimum Gasteiger partial charge on any atom is -0.471 e. The number of alkyl halides is 6. The number of rotatable bonds is 3. The van der Waals surface area contributed by atoms with Gasteiger partial charge < -0.3 is 4.74 Å². The van der Waals surface area contributed by atoms with Crippen LogP contribution in [0.2, 0.25) is 0 Å². The summed E-state index contributed by atoms with van der Waals surface area (Å²) in [5.41, 5.74) is -0.369. The SMILES string of the molecule is CC(=O)c1ccc(Br)cc1OC(C(F)(F)F)C(F)(F)F. The molecule has 0 unspecified atom stereocenters. The number of Topliss-reactive ketones (excluding diaryl/α,β-unsaturated/α-hetero) is 1. The van der Waals surface area contributed by atoms with E-state index in [1.165, 1.54) is 6.07 Å². The van der Waals surface area contributed by atoms with Gasteiger partial charge in [-0.25, -0.2) is 0 Å². The normalized spacial score (nSPS) is 12.7. The first-order valence-corrected chi connectivity index (χ1v) is 5.83. The summed E-state index contributed by atoms with van der Waals surface area (Å²) in [6.07, 6.45) is -15.3. The van der Waals surface area contributed by atoms with Gasteiger partial charge in [0.25, 0.3) is 6.10 Å². The first-order valence-electron chi connectivity index (χ1n) is 5.03. The van der Waals surface area contributed by atoms with Crippen LogP contribution in [0.4, 0.5) is 26.3 Å². The summed E-state index contributed by atoms with van der Waals surface area (Å²) >= 11 is 2.88. The van der Waals surface area contributed by atoms with Gasteiger partial charge in [0.15, 0.2) is 5.78 Å². The van der Waals surface area contributed by atoms with Crippen molar-refractivity contribution in [2.24, 2.45) is 0 Å². The summed E-state index contributed by atoms with van der Waals surface area (Å²) in [6.45, 7) is 1.01. The zero-order valence-corrected chi connectivity index (χ0v) is 11.4. The molecular formula is C11H7BrF6O2. The number of halogens is 7. The predicted octanol–water partition coefficient (Wildman–Crippen LogP) is 4.52. The second kappa shape index (κ2) is 5.63. The summed E-state index contributed by atoms with van der Waals surface area (Å²) in [6, 6.07) is 3.26. The van der Waals surface area contributed by atoms with Crippen molar-refractivity contribution >= 4 is 21.7 Å². The van der Waals surface area contributed by atoms with Crippen LogP contribution in [0.5, 0.6) is 5.75 Å². The Kier molecular flexibility index (Phi) is 4.73. The van der Waals surface area contributed by atoms with Crippen molar-refractivity contribution in [2.75, 3.05) is 0 Å². The van der Waals surface area contributed by atoms with Crippen molar-refractivity contribution in [3.8, 4) is 5.75 Å². The summed E-state index contributed by atoms with van der Waals surface area (Å²) in [5.74, 6) is -1.50. The molecule has 0 heterocycles. The second-order valence-electron chi connectivity index (χ2n) is 3.78. The maximum Gasteiger partial charge on any atom is 0.434 e. The maximum atomic E-state index is 12.4. The van der Waals surface area contributed by atoms with E-state index in [9.17, 15) is 31.1 Å². The maximum absolute atomic E-state index is 12.4. The quantitative estimate of drug-likeness (QED) is 0.582. The minimum atomic E-state index is -5.64. The highest BCUT2D eigenvalue weighted by Gasteiger charge is 2.59. The molecule has 0 bridgehead atoms. The van der Waals surface area contributed by atoms with Crippen molar-refractivity contribution < 1.29 is 35.9 Å². The molecule has 0 saturated heterocycles. The summed E-state index contributed by atoms with van der Waals surface area (Å²) < 4.78 is 78.6. The van der Waals surface area contributed by atoms with Crippen LogP contribution in [0.1, 0.15) is 17.3 Å². The lowest BCUT2D eigenvalue weighted by atomic mass is 10.1. The Bertz CT molecular complexity index is 495. The molecule has 1 aromatic carbocycles. The first kappa shape index (κ1) is 16.8. The van der Waals surface area contributed by atoms with E-state index < -0.39 is 30.0 Å². The molecule has 9 heteroatoms. The van der Waals surface area contributed by atoms with Gasteiger partial charge in [0, 0.05) is 4.47 Å². The van der Waals surface area contributed by atoms with Gasteiger partial charge in [-0.2, -0.15) is 26.3 Å². The number of carbonyl (C=O) groups is 1. The van der Waals surface area contributed by atoms with E-state index in [1.54, 1.807) is 0 Å². The number of hydrogen-bond donors (Lipinski definition) is 0. The molecule has 0 atom stereocenters. The Labute approximate surface area is 117 Å². The van der Waals surface area contributed by atoms with E-state index in [0.29, 0.717) is 0 Å². The molecule has 20 heavy (non-hydrogen) atoms. The van der Waals surface area contributed by atoms with Gasteiger partial charge >= 0.3 is 12.4 Å². The third kappa shape index (κ3) is 4.12. The fourth-order valence-corrected chi connectivity index (χ4v) is 1.67. The number of ketones is 1. The molecule has 0 aliphatic rings. The molecule has 0 aliphatic carbocycles. The molecule has 0 spiro atoms. The summed E-state index contributed by atoms with van der Waals surface area (Å²) in [5, 5.41) is 0. The number of carbonyl (C=O) groups excluding carboxylic acids is 1. The van der Waals surface area contributed by atoms with E-state index in [2.05, 4.69) is 20.7 Å². The number of hydrogen-bond acceptors (Lipinski definition) is 2. The fraction of sp³-hybridized carbons (Fsp3) is 0.364. The van der Waals surface area contributed by atoms with Gasteiger partial charge in [0.05, 0.1) is 5.56 Å². The highest BCUT2D eigenvalue weighted by molar-refractivity contribution is 9.10. The lowest BCUT2D eigenvalue weighted by molar-refractivity contribution is -0.299. The van der Waals surface area contributed by atoms with Crippen LogP contribution >= 0.6 is 15.9 Å². The molecular weight excluding hydrogens is 358 g/mol. The molecule has 112 valence electrons. The molecule has 2 nitrogen and oxygen atoms in total. The van der Waals surface area contributed by atoms with Gasteiger partial charge in [0.1, 0.15) is 5.75 Å². The molecule has 0 saturated carbocycles. The van der Waals surface area contributed by atoms with E-state index in [-0.39, 0.29) is 10.0 Å². The standard InChI is InChI=1S/C11H7BrF6O2/c1-5(19)7-3-2-6(12)4-8(7)20-9(10(13,14)15)11(16,17)18/h2-4,9H,1H3. The van der Waals surface area contributed by atoms with Crippen LogP contribution in [-0.4, -0.2) is 24.2 Å². The van der Waals surface area contributed by atoms with Gasteiger partial charge in [-0.05, 0) is 25.1 Å². The minimum absolute atomic E-state index is 0.181. The number of benzene rings is 1. The van der Waals surface area contributed by atoms with E-state index >= 15 is 0 Å². The van der Waals surface area contributed by atoms with Crippen molar-refractivity contribution in [1.29, 1.82) is 0 Å². The Morgan fingerprint density at radius 3 is 2.05 bits per heavy atom. The highest BCUT2D eigenvalue weighted by Crippen LogP contribution is 2.38. The first-order chi connectivity index (χ1) is 8.93. The Balaban J connectivity index is 3.24. The molecule has 0 aromatic heterocycles. The van der Waals surface area contributed by atoms with Crippen LogP contribution in [0.25, 0.3) is 0 Å². The average Bonchev–Trinajstić information content (AvgIpc) is 2.22. The van der Waals surface area contributed by atoms with Gasteiger partial charge in [-0.3, -0.25) is 4.79 Å². The van der Waals surface area contributed by atoms with Crippen LogP contribution < -0.4 is 4.74 Å². The smallest absolute Gasteiger partial charge is 0.434 e. The molecule has 0 N–H and O–H groups in total. The third-order valence-corrected chi connectivity index (χ3v) is 2.66. The van der Waals surface area contributed by atoms with E-state index in [4.69, 9.17) is 0 Å². The Morgan fingerprint density at radius 2 is 1.65 bits per heavy atom. The Morgan fingerprint density at radius 1 is 1.15 bits per heavy atom. The zero-order valence-electron chi connectivity index (χ0n) is 9.77. The largest absolute Gasteiger partial charge is 0.471 e. The molecule has 0 aliphatic heterocycles. The van der Waals surface area contributed by atoms with Crippen LogP contribution in [0.3, 0.4) is 0 Å². The van der Waals surface area contributed by atoms with Crippen molar-refractivity contribution in [3.05, 3.63) is 28.2 Å². The number of ether oxygens (including phenoxy) is 1. The van der Waals surface area contributed by atoms with Crippen molar-refractivity contribution in [1.82, 2.24) is 0 Å². The molecule has 1 rings (SSSR count). The topological polar surface area (TPSA) is 26.3 Å². The lowest BCUT2D eigenvalue weighted by Gasteiger charge is -2.24. The van der Waals surface area contributed by atoms with E-state index in [0.717, 1.165) is 19.1 Å². The van der Waals surface area contributed by atoms with Gasteiger partial charge in [0.2, 0.25) is 0 Å². The van der Waals surface area contributed by atoms with E-state index in [1.807, 2.05) is 0 Å². The van der Waals surface area contributed by atoms with Crippen LogP contribution in [0.15, 0.2) is 22.7 Å². The van der Waals surface area contributed by atoms with Crippen molar-refractivity contribution in [3.63, 3.8) is 0 Å². The molecule has 0 radical (unpaired) electrons. The van der Waals surface area contributed by atoms with Gasteiger partial charge in [-0.15, -0.1) is 0 Å². The predicted molar refractivity (Wildman–Crippen MR) is 60.7 cm³/mol. The van der Waals surface area contributed by atoms with Crippen molar-refractivity contribution in [2.45, 2.75) is 25.4 Å². The Hall–Kier alpha value is -1.25. The molecule has 1 aromatic rings. The zero-order chi connectivity index (χ0) is 15.7. The summed E-state index contributed by atoms with van der Waals surface area (Å²) in [4.78, 5) is 11.2. The van der Waals surface area contributed by atoms with Crippen LogP contribution in [-0.2, 0) is 0 Å². The monoisotopic (exact) mass is 364 g/mol.